The zero-order valence-corrected chi connectivity index (χ0v) is 10.5. The van der Waals surface area contributed by atoms with Gasteiger partial charge in [-0.2, -0.15) is 0 Å². The van der Waals surface area contributed by atoms with Crippen LogP contribution in [0.1, 0.15) is 26.5 Å². The molecule has 5 heteroatoms. The molecule has 1 heterocycles. The lowest BCUT2D eigenvalue weighted by Gasteiger charge is -2.12. The monoisotopic (exact) mass is 260 g/mol. The number of hydrogen-bond donors (Lipinski definition) is 0. The Morgan fingerprint density at radius 2 is 2.05 bits per heavy atom. The van der Waals surface area contributed by atoms with Gasteiger partial charge in [0.15, 0.2) is 17.3 Å². The summed E-state index contributed by atoms with van der Waals surface area (Å²) < 4.78 is 15.4. The zero-order valence-electron chi connectivity index (χ0n) is 10.5. The fourth-order valence-corrected chi connectivity index (χ4v) is 1.76. The summed E-state index contributed by atoms with van der Waals surface area (Å²) in [5, 5.41) is 0. The van der Waals surface area contributed by atoms with Gasteiger partial charge in [-0.1, -0.05) is 0 Å². The van der Waals surface area contributed by atoms with Gasteiger partial charge in [0.05, 0.1) is 26.0 Å². The van der Waals surface area contributed by atoms with Gasteiger partial charge < -0.3 is 13.9 Å². The van der Waals surface area contributed by atoms with E-state index in [0.29, 0.717) is 17.6 Å². The van der Waals surface area contributed by atoms with Crippen LogP contribution in [-0.2, 0) is 0 Å². The predicted molar refractivity (Wildman–Crippen MR) is 67.1 cm³/mol. The van der Waals surface area contributed by atoms with Crippen LogP contribution >= 0.6 is 0 Å². The first-order valence-corrected chi connectivity index (χ1v) is 5.50. The minimum absolute atomic E-state index is 0.170. The zero-order chi connectivity index (χ0) is 13.8. The number of methoxy groups -OCH3 is 2. The maximum Gasteiger partial charge on any atom is 0.232 e. The summed E-state index contributed by atoms with van der Waals surface area (Å²) in [7, 11) is 2.87. The van der Waals surface area contributed by atoms with Crippen molar-refractivity contribution < 1.29 is 23.5 Å². The Kier molecular flexibility index (Phi) is 3.66. The third-order valence-electron chi connectivity index (χ3n) is 2.63. The lowest BCUT2D eigenvalue weighted by atomic mass is 10.0. The van der Waals surface area contributed by atoms with Crippen molar-refractivity contribution in [3.8, 4) is 11.5 Å². The average molecular weight is 260 g/mol. The number of carbonyl (C=O) groups excluding carboxylic acids is 2. The van der Waals surface area contributed by atoms with Crippen molar-refractivity contribution in [2.45, 2.75) is 0 Å². The van der Waals surface area contributed by atoms with E-state index in [1.807, 2.05) is 0 Å². The molecular weight excluding hydrogens is 248 g/mol. The van der Waals surface area contributed by atoms with Gasteiger partial charge in [0, 0.05) is 5.56 Å². The second kappa shape index (κ2) is 5.39. The molecule has 0 fully saturated rings. The molecule has 2 rings (SSSR count). The van der Waals surface area contributed by atoms with Crippen LogP contribution in [0.25, 0.3) is 0 Å². The first kappa shape index (κ1) is 12.9. The molecule has 0 saturated carbocycles. The standard InChI is InChI=1S/C14H12O5/c1-17-12-7-9(8-15)6-10(14(12)18-2)13(16)11-4-3-5-19-11/h3-8H,1-2H3. The van der Waals surface area contributed by atoms with Crippen LogP contribution < -0.4 is 9.47 Å². The molecule has 0 aliphatic rings. The van der Waals surface area contributed by atoms with E-state index in [-0.39, 0.29) is 22.9 Å². The summed E-state index contributed by atoms with van der Waals surface area (Å²) in [4.78, 5) is 23.2. The predicted octanol–water partition coefficient (Wildman–Crippen LogP) is 2.34. The number of hydrogen-bond acceptors (Lipinski definition) is 5. The van der Waals surface area contributed by atoms with Crippen LogP contribution in [0.15, 0.2) is 34.9 Å². The highest BCUT2D eigenvalue weighted by atomic mass is 16.5. The summed E-state index contributed by atoms with van der Waals surface area (Å²) in [5.74, 6) is 0.392. The molecule has 2 aromatic rings. The van der Waals surface area contributed by atoms with Gasteiger partial charge in [-0.3, -0.25) is 9.59 Å². The van der Waals surface area contributed by atoms with E-state index >= 15 is 0 Å². The number of benzene rings is 1. The second-order valence-electron chi connectivity index (χ2n) is 3.73. The summed E-state index contributed by atoms with van der Waals surface area (Å²) in [6.45, 7) is 0. The SMILES string of the molecule is COc1cc(C=O)cc(C(=O)c2ccco2)c1OC. The molecule has 0 saturated heterocycles. The highest BCUT2D eigenvalue weighted by molar-refractivity contribution is 6.10. The Hall–Kier alpha value is -2.56. The maximum atomic E-state index is 12.3. The van der Waals surface area contributed by atoms with Crippen molar-refractivity contribution in [3.05, 3.63) is 47.4 Å². The molecule has 0 aliphatic heterocycles. The third kappa shape index (κ3) is 2.35. The summed E-state index contributed by atoms with van der Waals surface area (Å²) >= 11 is 0. The molecule has 98 valence electrons. The van der Waals surface area contributed by atoms with Gasteiger partial charge in [0.2, 0.25) is 5.78 Å². The molecule has 1 aromatic heterocycles. The summed E-state index contributed by atoms with van der Waals surface area (Å²) in [5.41, 5.74) is 0.548. The Bertz CT molecular complexity index is 599. The molecule has 0 spiro atoms. The highest BCUT2D eigenvalue weighted by Gasteiger charge is 2.21. The number of ketones is 1. The number of furan rings is 1. The lowest BCUT2D eigenvalue weighted by Crippen LogP contribution is -2.05. The van der Waals surface area contributed by atoms with Crippen molar-refractivity contribution in [1.29, 1.82) is 0 Å². The molecule has 0 amide bonds. The molecule has 0 atom stereocenters. The highest BCUT2D eigenvalue weighted by Crippen LogP contribution is 2.33. The lowest BCUT2D eigenvalue weighted by molar-refractivity contribution is 0.101. The summed E-state index contributed by atoms with van der Waals surface area (Å²) in [6, 6.07) is 6.10. The molecule has 1 aromatic carbocycles. The van der Waals surface area contributed by atoms with Crippen LogP contribution in [0.5, 0.6) is 11.5 Å². The van der Waals surface area contributed by atoms with Crippen molar-refractivity contribution in [1.82, 2.24) is 0 Å². The third-order valence-corrected chi connectivity index (χ3v) is 2.63. The first-order chi connectivity index (χ1) is 9.21. The molecule has 5 nitrogen and oxygen atoms in total. The van der Waals surface area contributed by atoms with Crippen LogP contribution in [0, 0.1) is 0 Å². The Labute approximate surface area is 109 Å². The Morgan fingerprint density at radius 3 is 2.58 bits per heavy atom. The average Bonchev–Trinajstić information content (AvgIpc) is 2.98. The molecular formula is C14H12O5. The number of ether oxygens (including phenoxy) is 2. The van der Waals surface area contributed by atoms with Crippen LogP contribution in [0.2, 0.25) is 0 Å². The summed E-state index contributed by atoms with van der Waals surface area (Å²) in [6.07, 6.45) is 2.04. The van der Waals surface area contributed by atoms with E-state index in [4.69, 9.17) is 13.9 Å². The van der Waals surface area contributed by atoms with Crippen LogP contribution in [0.3, 0.4) is 0 Å². The first-order valence-electron chi connectivity index (χ1n) is 5.50. The van der Waals surface area contributed by atoms with Crippen molar-refractivity contribution >= 4 is 12.1 Å². The van der Waals surface area contributed by atoms with Gasteiger partial charge in [-0.15, -0.1) is 0 Å². The Morgan fingerprint density at radius 1 is 1.26 bits per heavy atom. The number of rotatable bonds is 5. The van der Waals surface area contributed by atoms with Gasteiger partial charge in [0.25, 0.3) is 0 Å². The van der Waals surface area contributed by atoms with Crippen molar-refractivity contribution in [3.63, 3.8) is 0 Å². The molecule has 0 N–H and O–H groups in total. The second-order valence-corrected chi connectivity index (χ2v) is 3.73. The van der Waals surface area contributed by atoms with Crippen molar-refractivity contribution in [2.75, 3.05) is 14.2 Å². The van der Waals surface area contributed by atoms with E-state index in [1.54, 1.807) is 12.1 Å². The fourth-order valence-electron chi connectivity index (χ4n) is 1.76. The normalized spacial score (nSPS) is 10.0. The van der Waals surface area contributed by atoms with E-state index in [9.17, 15) is 9.59 Å². The molecule has 0 radical (unpaired) electrons. The minimum atomic E-state index is -0.371. The van der Waals surface area contributed by atoms with Crippen LogP contribution in [0.4, 0.5) is 0 Å². The number of carbonyl (C=O) groups is 2. The van der Waals surface area contributed by atoms with Gasteiger partial charge in [-0.25, -0.2) is 0 Å². The van der Waals surface area contributed by atoms with E-state index in [0.717, 1.165) is 0 Å². The van der Waals surface area contributed by atoms with E-state index < -0.39 is 0 Å². The largest absolute Gasteiger partial charge is 0.493 e. The smallest absolute Gasteiger partial charge is 0.232 e. The molecule has 19 heavy (non-hydrogen) atoms. The number of aldehydes is 1. The Balaban J connectivity index is 2.60. The fraction of sp³-hybridized carbons (Fsp3) is 0.143. The maximum absolute atomic E-state index is 12.3. The molecule has 0 unspecified atom stereocenters. The molecule has 0 bridgehead atoms. The van der Waals surface area contributed by atoms with E-state index in [2.05, 4.69) is 0 Å². The molecule has 0 aliphatic carbocycles. The van der Waals surface area contributed by atoms with Crippen molar-refractivity contribution in [2.24, 2.45) is 0 Å². The van der Waals surface area contributed by atoms with Crippen LogP contribution in [-0.4, -0.2) is 26.3 Å². The van der Waals surface area contributed by atoms with Gasteiger partial charge in [-0.05, 0) is 24.3 Å². The topological polar surface area (TPSA) is 65.7 Å². The van der Waals surface area contributed by atoms with Gasteiger partial charge >= 0.3 is 0 Å². The van der Waals surface area contributed by atoms with Gasteiger partial charge in [0.1, 0.15) is 6.29 Å². The minimum Gasteiger partial charge on any atom is -0.493 e. The van der Waals surface area contributed by atoms with E-state index in [1.165, 1.54) is 32.6 Å². The quantitative estimate of drug-likeness (QED) is 0.609.